The van der Waals surface area contributed by atoms with Crippen LogP contribution < -0.4 is 15.6 Å². The third-order valence-electron chi connectivity index (χ3n) is 4.20. The van der Waals surface area contributed by atoms with Crippen LogP contribution in [-0.2, 0) is 19.2 Å². The molecule has 3 amide bonds. The predicted octanol–water partition coefficient (Wildman–Crippen LogP) is 2.61. The number of nitrogens with one attached hydrogen (secondary N) is 2. The maximum absolute atomic E-state index is 12.6. The van der Waals surface area contributed by atoms with Gasteiger partial charge in [0.2, 0.25) is 11.8 Å². The number of hydrogen-bond donors (Lipinski definition) is 3. The highest BCUT2D eigenvalue weighted by atomic mass is 32.2. The predicted molar refractivity (Wildman–Crippen MR) is 121 cm³/mol. The minimum absolute atomic E-state index is 0.00337. The van der Waals surface area contributed by atoms with Crippen LogP contribution in [0.5, 0.6) is 0 Å². The summed E-state index contributed by atoms with van der Waals surface area (Å²) in [6.07, 6.45) is 1.67. The molecule has 0 spiro atoms. The van der Waals surface area contributed by atoms with Crippen LogP contribution in [0.3, 0.4) is 0 Å². The summed E-state index contributed by atoms with van der Waals surface area (Å²) in [5, 5.41) is 18.8. The van der Waals surface area contributed by atoms with Crippen molar-refractivity contribution in [1.29, 1.82) is 0 Å². The van der Waals surface area contributed by atoms with E-state index in [2.05, 4.69) is 15.7 Å². The summed E-state index contributed by atoms with van der Waals surface area (Å²) in [4.78, 5) is 47.8. The number of thioether (sulfide) groups is 1. The van der Waals surface area contributed by atoms with Gasteiger partial charge in [0.1, 0.15) is 5.84 Å². The fourth-order valence-electron chi connectivity index (χ4n) is 2.75. The number of carbonyl (C=O) groups is 4. The zero-order valence-corrected chi connectivity index (χ0v) is 17.8. The minimum atomic E-state index is -1.22. The Morgan fingerprint density at radius 2 is 1.84 bits per heavy atom. The summed E-state index contributed by atoms with van der Waals surface area (Å²) in [7, 11) is 0. The lowest BCUT2D eigenvalue weighted by Gasteiger charge is -2.12. The van der Waals surface area contributed by atoms with Crippen molar-refractivity contribution in [2.45, 2.75) is 23.5 Å². The molecule has 3 rings (SSSR count). The smallest absolute Gasteiger partial charge is 0.328 e. The van der Waals surface area contributed by atoms with Crippen molar-refractivity contribution in [2.75, 3.05) is 10.3 Å². The Morgan fingerprint density at radius 3 is 2.56 bits per heavy atom. The second-order valence-electron chi connectivity index (χ2n) is 6.70. The van der Waals surface area contributed by atoms with Crippen LogP contribution in [-0.4, -0.2) is 39.9 Å². The van der Waals surface area contributed by atoms with E-state index < -0.39 is 17.1 Å². The van der Waals surface area contributed by atoms with Crippen LogP contribution in [0.15, 0.2) is 76.7 Å². The number of rotatable bonds is 7. The third kappa shape index (κ3) is 6.29. The number of amides is 3. The molecule has 9 nitrogen and oxygen atoms in total. The molecule has 2 aromatic carbocycles. The second kappa shape index (κ2) is 10.4. The van der Waals surface area contributed by atoms with Crippen molar-refractivity contribution in [1.82, 2.24) is 5.32 Å². The average molecular weight is 452 g/mol. The van der Waals surface area contributed by atoms with Crippen LogP contribution in [0.4, 0.5) is 11.4 Å². The highest BCUT2D eigenvalue weighted by Crippen LogP contribution is 2.26. The largest absolute Gasteiger partial charge is 0.478 e. The van der Waals surface area contributed by atoms with Crippen LogP contribution in [0.25, 0.3) is 0 Å². The quantitative estimate of drug-likeness (QED) is 0.438. The molecule has 10 heteroatoms. The number of hydrazone groups is 1. The van der Waals surface area contributed by atoms with Gasteiger partial charge in [-0.1, -0.05) is 24.3 Å². The van der Waals surface area contributed by atoms with Gasteiger partial charge < -0.3 is 15.7 Å². The molecule has 0 fully saturated rings. The topological polar surface area (TPSA) is 128 Å². The minimum Gasteiger partial charge on any atom is -0.478 e. The van der Waals surface area contributed by atoms with E-state index >= 15 is 0 Å². The van der Waals surface area contributed by atoms with Crippen molar-refractivity contribution in [3.05, 3.63) is 66.7 Å². The number of nitrogens with zero attached hydrogens (tertiary/aromatic N) is 2. The van der Waals surface area contributed by atoms with Gasteiger partial charge in [-0.05, 0) is 37.3 Å². The summed E-state index contributed by atoms with van der Waals surface area (Å²) in [5.74, 6) is -2.05. The standard InChI is InChI=1S/C22H20N4O5S/c1-14(32-17-9-5-6-15(12-17)23-19(27)10-11-21(29)30)22(31)24-18-13-20(28)26(25-18)16-7-3-2-4-8-16/h2-12,14H,13H2,1H3,(H,23,27)(H,29,30)(H,24,25,31)/b11-10+. The summed E-state index contributed by atoms with van der Waals surface area (Å²) in [6, 6.07) is 15.8. The van der Waals surface area contributed by atoms with Gasteiger partial charge in [0.25, 0.3) is 5.91 Å². The molecule has 1 aliphatic heterocycles. The zero-order chi connectivity index (χ0) is 23.1. The number of amidine groups is 1. The van der Waals surface area contributed by atoms with Gasteiger partial charge in [-0.3, -0.25) is 14.4 Å². The van der Waals surface area contributed by atoms with Gasteiger partial charge in [0, 0.05) is 22.7 Å². The van der Waals surface area contributed by atoms with Crippen molar-refractivity contribution in [3.8, 4) is 0 Å². The molecule has 1 heterocycles. The molecule has 1 aliphatic rings. The van der Waals surface area contributed by atoms with Gasteiger partial charge in [0.05, 0.1) is 17.4 Å². The molecule has 164 valence electrons. The Bertz CT molecular complexity index is 1100. The Morgan fingerprint density at radius 1 is 1.09 bits per heavy atom. The van der Waals surface area contributed by atoms with Crippen LogP contribution in [0.2, 0.25) is 0 Å². The Kier molecular flexibility index (Phi) is 7.40. The third-order valence-corrected chi connectivity index (χ3v) is 5.30. The number of carbonyl (C=O) groups excluding carboxylic acids is 3. The maximum Gasteiger partial charge on any atom is 0.328 e. The monoisotopic (exact) mass is 452 g/mol. The van der Waals surface area contributed by atoms with Gasteiger partial charge in [-0.25, -0.2) is 4.79 Å². The number of benzene rings is 2. The number of anilines is 2. The summed E-state index contributed by atoms with van der Waals surface area (Å²) >= 11 is 1.26. The van der Waals surface area contributed by atoms with E-state index in [0.717, 1.165) is 17.0 Å². The van der Waals surface area contributed by atoms with Gasteiger partial charge in [-0.15, -0.1) is 11.8 Å². The first-order valence-corrected chi connectivity index (χ1v) is 10.4. The van der Waals surface area contributed by atoms with Crippen molar-refractivity contribution in [2.24, 2.45) is 5.10 Å². The first-order valence-electron chi connectivity index (χ1n) is 9.57. The van der Waals surface area contributed by atoms with Crippen molar-refractivity contribution in [3.63, 3.8) is 0 Å². The summed E-state index contributed by atoms with van der Waals surface area (Å²) < 4.78 is 0. The molecule has 0 saturated carbocycles. The molecule has 0 aromatic heterocycles. The number of carboxylic acid groups (broad SMARTS) is 1. The number of hydrogen-bond acceptors (Lipinski definition) is 6. The molecular formula is C22H20N4O5S. The van der Waals surface area contributed by atoms with Crippen LogP contribution in [0, 0.1) is 0 Å². The lowest BCUT2D eigenvalue weighted by Crippen LogP contribution is -2.35. The normalized spacial score (nSPS) is 14.2. The number of para-hydroxylation sites is 1. The van der Waals surface area contributed by atoms with E-state index in [1.54, 1.807) is 55.5 Å². The average Bonchev–Trinajstić information content (AvgIpc) is 3.13. The molecule has 1 atom stereocenters. The van der Waals surface area contributed by atoms with Gasteiger partial charge >= 0.3 is 5.97 Å². The highest BCUT2D eigenvalue weighted by molar-refractivity contribution is 8.00. The lowest BCUT2D eigenvalue weighted by atomic mass is 10.3. The first-order chi connectivity index (χ1) is 15.3. The highest BCUT2D eigenvalue weighted by Gasteiger charge is 2.27. The summed E-state index contributed by atoms with van der Waals surface area (Å²) in [5.41, 5.74) is 1.09. The fraction of sp³-hybridized carbons (Fsp3) is 0.136. The van der Waals surface area contributed by atoms with Crippen LogP contribution in [0.1, 0.15) is 13.3 Å². The van der Waals surface area contributed by atoms with E-state index in [4.69, 9.17) is 5.11 Å². The van der Waals surface area contributed by atoms with E-state index in [9.17, 15) is 19.2 Å². The van der Waals surface area contributed by atoms with E-state index in [-0.39, 0.29) is 24.1 Å². The van der Waals surface area contributed by atoms with Gasteiger partial charge in [-0.2, -0.15) is 10.1 Å². The summed E-state index contributed by atoms with van der Waals surface area (Å²) in [6.45, 7) is 1.72. The molecule has 0 bridgehead atoms. The lowest BCUT2D eigenvalue weighted by molar-refractivity contribution is -0.131. The van der Waals surface area contributed by atoms with Crippen molar-refractivity contribution >= 4 is 52.7 Å². The molecule has 1 unspecified atom stereocenters. The van der Waals surface area contributed by atoms with E-state index in [1.807, 2.05) is 6.07 Å². The molecule has 0 aliphatic carbocycles. The molecule has 0 radical (unpaired) electrons. The Hall–Kier alpha value is -3.92. The maximum atomic E-state index is 12.6. The number of aliphatic carboxylic acids is 1. The van der Waals surface area contributed by atoms with E-state index in [1.165, 1.54) is 16.8 Å². The molecule has 0 saturated heterocycles. The van der Waals surface area contributed by atoms with E-state index in [0.29, 0.717) is 11.4 Å². The second-order valence-corrected chi connectivity index (χ2v) is 8.12. The van der Waals surface area contributed by atoms with Crippen molar-refractivity contribution < 1.29 is 24.3 Å². The Labute approximate surface area is 188 Å². The van der Waals surface area contributed by atoms with Crippen LogP contribution >= 0.6 is 11.8 Å². The SMILES string of the molecule is CC(Sc1cccc(NC(=O)/C=C/C(=O)O)c1)C(=O)NC1=NN(c2ccccc2)C(=O)C1. The Balaban J connectivity index is 1.58. The number of carboxylic acids is 1. The molecule has 3 N–H and O–H groups in total. The fourth-order valence-corrected chi connectivity index (χ4v) is 3.68. The zero-order valence-electron chi connectivity index (χ0n) is 17.0. The first kappa shape index (κ1) is 22.8. The molecular weight excluding hydrogens is 432 g/mol. The molecule has 32 heavy (non-hydrogen) atoms. The molecule has 2 aromatic rings. The van der Waals surface area contributed by atoms with Gasteiger partial charge in [0.15, 0.2) is 0 Å².